The summed E-state index contributed by atoms with van der Waals surface area (Å²) in [5, 5.41) is 10.4. The second-order valence-corrected chi connectivity index (χ2v) is 9.33. The van der Waals surface area contributed by atoms with Gasteiger partial charge in [-0.15, -0.1) is 21.5 Å². The van der Waals surface area contributed by atoms with Crippen LogP contribution in [0.4, 0.5) is 0 Å². The number of hydrogen-bond donors (Lipinski definition) is 0. The minimum atomic E-state index is -0.124. The summed E-state index contributed by atoms with van der Waals surface area (Å²) >= 11 is 2.79. The zero-order valence-corrected chi connectivity index (χ0v) is 19.2. The molecule has 3 aromatic heterocycles. The predicted molar refractivity (Wildman–Crippen MR) is 123 cm³/mol. The number of rotatable bonds is 7. The van der Waals surface area contributed by atoms with E-state index in [1.807, 2.05) is 61.7 Å². The second kappa shape index (κ2) is 8.84. The van der Waals surface area contributed by atoms with Crippen LogP contribution in [0.5, 0.6) is 11.5 Å². The van der Waals surface area contributed by atoms with E-state index < -0.39 is 0 Å². The minimum absolute atomic E-state index is 0.0244. The normalized spacial score (nSPS) is 15.1. The fraction of sp³-hybridized carbons (Fsp3) is 0.261. The van der Waals surface area contributed by atoms with E-state index in [1.165, 1.54) is 23.1 Å². The summed E-state index contributed by atoms with van der Waals surface area (Å²) in [5.74, 6) is 2.24. The van der Waals surface area contributed by atoms with Gasteiger partial charge in [0.25, 0.3) is 11.1 Å². The second-order valence-electron chi connectivity index (χ2n) is 7.46. The molecule has 0 N–H and O–H groups in total. The largest absolute Gasteiger partial charge is 0.486 e. The molecule has 7 nitrogen and oxygen atoms in total. The number of benzene rings is 1. The van der Waals surface area contributed by atoms with Gasteiger partial charge in [-0.2, -0.15) is 0 Å². The summed E-state index contributed by atoms with van der Waals surface area (Å²) in [5.41, 5.74) is 2.63. The van der Waals surface area contributed by atoms with Crippen molar-refractivity contribution < 1.29 is 18.7 Å². The van der Waals surface area contributed by atoms with Gasteiger partial charge >= 0.3 is 0 Å². The predicted octanol–water partition coefficient (Wildman–Crippen LogP) is 5.03. The van der Waals surface area contributed by atoms with Crippen molar-refractivity contribution in [2.45, 2.75) is 31.7 Å². The molecule has 0 bridgehead atoms. The van der Waals surface area contributed by atoms with Gasteiger partial charge in [0.05, 0.1) is 17.2 Å². The van der Waals surface area contributed by atoms with Crippen LogP contribution in [0.25, 0.3) is 10.8 Å². The van der Waals surface area contributed by atoms with Crippen molar-refractivity contribution in [1.82, 2.24) is 14.8 Å². The van der Waals surface area contributed by atoms with Crippen LogP contribution in [-0.4, -0.2) is 39.0 Å². The first-order valence-corrected chi connectivity index (χ1v) is 12.0. The maximum atomic E-state index is 12.9. The molecule has 9 heteroatoms. The Morgan fingerprint density at radius 2 is 2.03 bits per heavy atom. The lowest BCUT2D eigenvalue weighted by Crippen LogP contribution is -2.33. The number of ketones is 1. The van der Waals surface area contributed by atoms with Crippen LogP contribution in [0.3, 0.4) is 0 Å². The molecule has 0 aliphatic carbocycles. The van der Waals surface area contributed by atoms with Gasteiger partial charge in [-0.25, -0.2) is 0 Å². The van der Waals surface area contributed by atoms with E-state index in [0.717, 1.165) is 27.8 Å². The lowest BCUT2D eigenvalue weighted by Gasteiger charge is -2.27. The first-order valence-electron chi connectivity index (χ1n) is 10.2. The number of fused-ring (bicyclic) bond motifs is 1. The summed E-state index contributed by atoms with van der Waals surface area (Å²) in [6.45, 7) is 5.04. The number of Topliss-reactive ketones (excluding diaryl/α,β-unsaturated/α-hetero) is 1. The number of hydrogen-bond acceptors (Lipinski definition) is 8. The number of carbonyl (C=O) groups is 1. The summed E-state index contributed by atoms with van der Waals surface area (Å²) < 4.78 is 19.7. The molecule has 0 radical (unpaired) electrons. The van der Waals surface area contributed by atoms with Gasteiger partial charge in [0.1, 0.15) is 6.61 Å². The molecular formula is C23H21N3O4S2. The topological polar surface area (TPSA) is 79.4 Å². The number of aromatic nitrogens is 3. The Kier molecular flexibility index (Phi) is 5.75. The number of carbonyl (C=O) groups excluding carboxylic acids is 1. The molecule has 1 atom stereocenters. The molecule has 0 fully saturated rings. The zero-order chi connectivity index (χ0) is 22.1. The van der Waals surface area contributed by atoms with Gasteiger partial charge < -0.3 is 18.5 Å². The quantitative estimate of drug-likeness (QED) is 0.278. The number of thioether (sulfide) groups is 1. The van der Waals surface area contributed by atoms with E-state index in [2.05, 4.69) is 14.8 Å². The highest BCUT2D eigenvalue weighted by Crippen LogP contribution is 2.32. The molecule has 0 saturated carbocycles. The molecule has 0 saturated heterocycles. The molecule has 0 spiro atoms. The lowest BCUT2D eigenvalue weighted by molar-refractivity contribution is 0.0777. The fourth-order valence-electron chi connectivity index (χ4n) is 3.69. The monoisotopic (exact) mass is 467 g/mol. The molecule has 0 unspecified atom stereocenters. The molecule has 4 aromatic rings. The van der Waals surface area contributed by atoms with Crippen molar-refractivity contribution in [1.29, 1.82) is 0 Å². The third-order valence-corrected chi connectivity index (χ3v) is 6.97. The van der Waals surface area contributed by atoms with Crippen LogP contribution in [0.15, 0.2) is 57.5 Å². The fourth-order valence-corrected chi connectivity index (χ4v) is 4.98. The van der Waals surface area contributed by atoms with Crippen molar-refractivity contribution in [3.63, 3.8) is 0 Å². The Hall–Kier alpha value is -3.04. The van der Waals surface area contributed by atoms with E-state index in [-0.39, 0.29) is 17.6 Å². The highest BCUT2D eigenvalue weighted by atomic mass is 32.2. The van der Waals surface area contributed by atoms with Crippen LogP contribution in [0, 0.1) is 13.8 Å². The van der Waals surface area contributed by atoms with Gasteiger partial charge in [0, 0.05) is 17.0 Å². The van der Waals surface area contributed by atoms with Gasteiger partial charge in [-0.05, 0) is 43.5 Å². The van der Waals surface area contributed by atoms with Gasteiger partial charge in [-0.3, -0.25) is 4.79 Å². The standard InChI is InChI=1S/C23H21N3O4S2/c1-14-10-17(18(27)13-32-23-25-24-22(30-23)21-8-5-9-31-21)15(2)26(14)11-16-12-28-19-6-3-4-7-20(19)29-16/h3-10,16H,11-13H2,1-2H3/t16-/m1/s1. The number of para-hydroxylation sites is 2. The first-order chi connectivity index (χ1) is 15.6. The van der Waals surface area contributed by atoms with Gasteiger partial charge in [0.15, 0.2) is 23.4 Å². The van der Waals surface area contributed by atoms with Gasteiger partial charge in [-0.1, -0.05) is 30.0 Å². The Labute approximate surface area is 193 Å². The van der Waals surface area contributed by atoms with E-state index >= 15 is 0 Å². The van der Waals surface area contributed by atoms with Crippen LogP contribution in [0.1, 0.15) is 21.7 Å². The van der Waals surface area contributed by atoms with Crippen molar-refractivity contribution >= 4 is 28.9 Å². The van der Waals surface area contributed by atoms with E-state index in [4.69, 9.17) is 13.9 Å². The molecule has 32 heavy (non-hydrogen) atoms. The highest BCUT2D eigenvalue weighted by Gasteiger charge is 2.24. The average Bonchev–Trinajstić information content (AvgIpc) is 3.55. The van der Waals surface area contributed by atoms with Gasteiger partial charge in [0.2, 0.25) is 0 Å². The maximum absolute atomic E-state index is 12.9. The van der Waals surface area contributed by atoms with Crippen LogP contribution >= 0.6 is 23.1 Å². The minimum Gasteiger partial charge on any atom is -0.486 e. The van der Waals surface area contributed by atoms with Crippen LogP contribution in [-0.2, 0) is 6.54 Å². The molecule has 164 valence electrons. The number of ether oxygens (including phenoxy) is 2. The molecule has 4 heterocycles. The molecule has 1 aliphatic heterocycles. The van der Waals surface area contributed by atoms with E-state index in [1.54, 1.807) is 0 Å². The SMILES string of the molecule is Cc1cc(C(=O)CSc2nnc(-c3cccs3)o2)c(C)n1C[C@@H]1COc2ccccc2O1. The van der Waals surface area contributed by atoms with E-state index in [9.17, 15) is 4.79 Å². The smallest absolute Gasteiger partial charge is 0.277 e. The van der Waals surface area contributed by atoms with E-state index in [0.29, 0.717) is 29.8 Å². The molecule has 5 rings (SSSR count). The number of nitrogens with zero attached hydrogens (tertiary/aromatic N) is 3. The summed E-state index contributed by atoms with van der Waals surface area (Å²) in [6, 6.07) is 13.4. The average molecular weight is 468 g/mol. The molecule has 0 amide bonds. The third-order valence-electron chi connectivity index (χ3n) is 5.29. The third kappa shape index (κ3) is 4.18. The summed E-state index contributed by atoms with van der Waals surface area (Å²) in [4.78, 5) is 13.8. The Morgan fingerprint density at radius 3 is 2.84 bits per heavy atom. The summed E-state index contributed by atoms with van der Waals surface area (Å²) in [7, 11) is 0. The van der Waals surface area contributed by atoms with Crippen LogP contribution in [0.2, 0.25) is 0 Å². The lowest BCUT2D eigenvalue weighted by atomic mass is 10.2. The number of thiophene rings is 1. The Morgan fingerprint density at radius 1 is 1.19 bits per heavy atom. The van der Waals surface area contributed by atoms with Crippen LogP contribution < -0.4 is 9.47 Å². The van der Waals surface area contributed by atoms with Crippen molar-refractivity contribution in [3.8, 4) is 22.3 Å². The summed E-state index contributed by atoms with van der Waals surface area (Å²) in [6.07, 6.45) is -0.124. The zero-order valence-electron chi connectivity index (χ0n) is 17.6. The molecule has 1 aromatic carbocycles. The number of aryl methyl sites for hydroxylation is 1. The first kappa shape index (κ1) is 20.8. The Bertz CT molecular complexity index is 1250. The van der Waals surface area contributed by atoms with Crippen molar-refractivity contribution in [3.05, 3.63) is 64.8 Å². The molecule has 1 aliphatic rings. The molecular weight excluding hydrogens is 446 g/mol. The van der Waals surface area contributed by atoms with Crippen molar-refractivity contribution in [2.75, 3.05) is 12.4 Å². The Balaban J connectivity index is 1.24. The van der Waals surface area contributed by atoms with Crippen molar-refractivity contribution in [2.24, 2.45) is 0 Å². The highest BCUT2D eigenvalue weighted by molar-refractivity contribution is 7.99. The maximum Gasteiger partial charge on any atom is 0.277 e.